The number of hydrogen-bond acceptors (Lipinski definition) is 3. The van der Waals surface area contributed by atoms with Crippen LogP contribution in [0.25, 0.3) is 11.7 Å². The van der Waals surface area contributed by atoms with E-state index in [4.69, 9.17) is 11.6 Å². The summed E-state index contributed by atoms with van der Waals surface area (Å²) in [4.78, 5) is 30.4. The van der Waals surface area contributed by atoms with Crippen molar-refractivity contribution in [2.24, 2.45) is 0 Å². The third-order valence-corrected chi connectivity index (χ3v) is 4.52. The van der Waals surface area contributed by atoms with Crippen LogP contribution in [0.15, 0.2) is 30.5 Å². The van der Waals surface area contributed by atoms with Crippen molar-refractivity contribution in [3.05, 3.63) is 41.3 Å². The second-order valence-electron chi connectivity index (χ2n) is 5.71. The molecule has 1 aliphatic rings. The summed E-state index contributed by atoms with van der Waals surface area (Å²) in [5.74, 6) is -0.311. The lowest BCUT2D eigenvalue weighted by Gasteiger charge is -2.33. The highest BCUT2D eigenvalue weighted by Gasteiger charge is 2.30. The predicted molar refractivity (Wildman–Crippen MR) is 92.7 cm³/mol. The number of carbonyl (C=O) groups is 2. The maximum atomic E-state index is 12.6. The van der Waals surface area contributed by atoms with E-state index >= 15 is 0 Å². The first kappa shape index (κ1) is 16.5. The predicted octanol–water partition coefficient (Wildman–Crippen LogP) is 2.13. The third-order valence-electron chi connectivity index (χ3n) is 4.24. The number of piperidine rings is 1. The summed E-state index contributed by atoms with van der Waals surface area (Å²) in [6.45, 7) is 0.585. The van der Waals surface area contributed by atoms with E-state index in [1.54, 1.807) is 18.0 Å². The summed E-state index contributed by atoms with van der Waals surface area (Å²) in [6, 6.07) is 5.19. The zero-order valence-corrected chi connectivity index (χ0v) is 14.2. The lowest BCUT2D eigenvalue weighted by Crippen LogP contribution is -2.50. The number of aromatic nitrogens is 2. The molecule has 0 unspecified atom stereocenters. The molecule has 2 aromatic rings. The van der Waals surface area contributed by atoms with Crippen molar-refractivity contribution >= 4 is 35.1 Å². The third kappa shape index (κ3) is 3.14. The number of rotatable bonds is 3. The second kappa shape index (κ2) is 7.05. The van der Waals surface area contributed by atoms with Gasteiger partial charge in [-0.25, -0.2) is 4.98 Å². The molecular weight excluding hydrogens is 328 g/mol. The van der Waals surface area contributed by atoms with Crippen molar-refractivity contribution in [2.75, 3.05) is 13.6 Å². The zero-order valence-electron chi connectivity index (χ0n) is 13.4. The highest BCUT2D eigenvalue weighted by atomic mass is 35.5. The van der Waals surface area contributed by atoms with E-state index in [1.165, 1.54) is 6.08 Å². The number of halogens is 1. The Balaban J connectivity index is 1.83. The Morgan fingerprint density at radius 3 is 3.00 bits per heavy atom. The molecular formula is C17H19ClN4O2. The molecule has 1 atom stereocenters. The molecule has 0 aromatic carbocycles. The Morgan fingerprint density at radius 2 is 2.21 bits per heavy atom. The largest absolute Gasteiger partial charge is 0.357 e. The number of amides is 2. The van der Waals surface area contributed by atoms with Crippen molar-refractivity contribution in [1.29, 1.82) is 0 Å². The van der Waals surface area contributed by atoms with Crippen LogP contribution >= 0.6 is 11.6 Å². The van der Waals surface area contributed by atoms with Gasteiger partial charge in [-0.1, -0.05) is 17.7 Å². The minimum absolute atomic E-state index is 0.121. The summed E-state index contributed by atoms with van der Waals surface area (Å²) in [5.41, 5.74) is 1.37. The lowest BCUT2D eigenvalue weighted by molar-refractivity contribution is -0.138. The van der Waals surface area contributed by atoms with Gasteiger partial charge in [0.25, 0.3) is 0 Å². The van der Waals surface area contributed by atoms with Crippen molar-refractivity contribution in [1.82, 2.24) is 19.6 Å². The molecule has 126 valence electrons. The average Bonchev–Trinajstić information content (AvgIpc) is 2.94. The molecule has 2 amide bonds. The van der Waals surface area contributed by atoms with Gasteiger partial charge in [0.2, 0.25) is 11.8 Å². The van der Waals surface area contributed by atoms with Gasteiger partial charge >= 0.3 is 0 Å². The summed E-state index contributed by atoms with van der Waals surface area (Å²) in [7, 11) is 1.59. The first-order valence-corrected chi connectivity index (χ1v) is 8.32. The van der Waals surface area contributed by atoms with Gasteiger partial charge in [-0.3, -0.25) is 14.0 Å². The standard InChI is InChI=1S/C17H19ClN4O2/c1-19-17(24)13-6-2-4-11-22(13)15(23)9-8-12-16(18)20-14-7-3-5-10-21(12)14/h3,5,7-10,13H,2,4,6,11H2,1H3,(H,19,24)/b9-8-/t13-/m1/s1. The summed E-state index contributed by atoms with van der Waals surface area (Å²) < 4.78 is 1.82. The summed E-state index contributed by atoms with van der Waals surface area (Å²) in [5, 5.41) is 2.97. The van der Waals surface area contributed by atoms with E-state index in [-0.39, 0.29) is 11.8 Å². The van der Waals surface area contributed by atoms with Gasteiger partial charge in [-0.2, -0.15) is 0 Å². The fourth-order valence-electron chi connectivity index (χ4n) is 3.02. The summed E-state index contributed by atoms with van der Waals surface area (Å²) >= 11 is 6.17. The first-order chi connectivity index (χ1) is 11.6. The van der Waals surface area contributed by atoms with Crippen LogP contribution in [0.5, 0.6) is 0 Å². The van der Waals surface area contributed by atoms with Crippen LogP contribution < -0.4 is 5.32 Å². The number of likely N-dealkylation sites (tertiary alicyclic amines) is 1. The number of fused-ring (bicyclic) bond motifs is 1. The van der Waals surface area contributed by atoms with Crippen LogP contribution in [-0.4, -0.2) is 45.7 Å². The molecule has 7 heteroatoms. The van der Waals surface area contributed by atoms with Gasteiger partial charge in [0, 0.05) is 25.9 Å². The van der Waals surface area contributed by atoms with E-state index in [0.29, 0.717) is 23.8 Å². The van der Waals surface area contributed by atoms with E-state index < -0.39 is 6.04 Å². The molecule has 0 saturated carbocycles. The molecule has 1 saturated heterocycles. The molecule has 6 nitrogen and oxygen atoms in total. The quantitative estimate of drug-likeness (QED) is 0.866. The Morgan fingerprint density at radius 1 is 1.38 bits per heavy atom. The topological polar surface area (TPSA) is 66.7 Å². The van der Waals surface area contributed by atoms with Gasteiger partial charge in [0.05, 0.1) is 5.69 Å². The van der Waals surface area contributed by atoms with E-state index in [2.05, 4.69) is 10.3 Å². The van der Waals surface area contributed by atoms with Crippen LogP contribution in [0.1, 0.15) is 25.0 Å². The van der Waals surface area contributed by atoms with Crippen LogP contribution in [0.2, 0.25) is 5.15 Å². The second-order valence-corrected chi connectivity index (χ2v) is 6.07. The molecule has 1 aliphatic heterocycles. The Hall–Kier alpha value is -2.34. The van der Waals surface area contributed by atoms with Crippen molar-refractivity contribution in [3.63, 3.8) is 0 Å². The van der Waals surface area contributed by atoms with Crippen LogP contribution in [0.3, 0.4) is 0 Å². The SMILES string of the molecule is CNC(=O)[C@H]1CCCCN1C(=O)/C=C\c1c(Cl)nc2ccccn12. The van der Waals surface area contributed by atoms with Crippen molar-refractivity contribution in [3.8, 4) is 0 Å². The van der Waals surface area contributed by atoms with E-state index in [0.717, 1.165) is 18.5 Å². The van der Waals surface area contributed by atoms with E-state index in [9.17, 15) is 9.59 Å². The fourth-order valence-corrected chi connectivity index (χ4v) is 3.26. The molecule has 24 heavy (non-hydrogen) atoms. The van der Waals surface area contributed by atoms with Crippen LogP contribution in [-0.2, 0) is 9.59 Å². The number of nitrogens with zero attached hydrogens (tertiary/aromatic N) is 3. The van der Waals surface area contributed by atoms with Gasteiger partial charge in [-0.05, 0) is 37.5 Å². The van der Waals surface area contributed by atoms with Crippen LogP contribution in [0, 0.1) is 0 Å². The normalized spacial score (nSPS) is 18.2. The molecule has 0 aliphatic carbocycles. The maximum absolute atomic E-state index is 12.6. The fraction of sp³-hybridized carbons (Fsp3) is 0.353. The van der Waals surface area contributed by atoms with E-state index in [1.807, 2.05) is 28.8 Å². The Labute approximate surface area is 145 Å². The molecule has 3 rings (SSSR count). The number of nitrogens with one attached hydrogen (secondary N) is 1. The lowest BCUT2D eigenvalue weighted by atomic mass is 10.0. The minimum atomic E-state index is -0.404. The number of carbonyl (C=O) groups excluding carboxylic acids is 2. The molecule has 2 aromatic heterocycles. The number of likely N-dealkylation sites (N-methyl/N-ethyl adjacent to an activating group) is 1. The van der Waals surface area contributed by atoms with Gasteiger partial charge in [0.15, 0.2) is 5.15 Å². The Kier molecular flexibility index (Phi) is 4.85. The summed E-state index contributed by atoms with van der Waals surface area (Å²) in [6.07, 6.45) is 7.50. The highest BCUT2D eigenvalue weighted by Crippen LogP contribution is 2.21. The molecule has 1 N–H and O–H groups in total. The van der Waals surface area contributed by atoms with Gasteiger partial charge in [-0.15, -0.1) is 0 Å². The van der Waals surface area contributed by atoms with Gasteiger partial charge in [0.1, 0.15) is 11.7 Å². The number of hydrogen-bond donors (Lipinski definition) is 1. The minimum Gasteiger partial charge on any atom is -0.357 e. The number of pyridine rings is 1. The Bertz CT molecular complexity index is 799. The molecule has 0 radical (unpaired) electrons. The molecule has 0 bridgehead atoms. The average molecular weight is 347 g/mol. The smallest absolute Gasteiger partial charge is 0.247 e. The first-order valence-electron chi connectivity index (χ1n) is 7.94. The molecule has 3 heterocycles. The highest BCUT2D eigenvalue weighted by molar-refractivity contribution is 6.31. The van der Waals surface area contributed by atoms with Gasteiger partial charge < -0.3 is 10.2 Å². The number of imidazole rings is 1. The van der Waals surface area contributed by atoms with Crippen molar-refractivity contribution < 1.29 is 9.59 Å². The maximum Gasteiger partial charge on any atom is 0.247 e. The zero-order chi connectivity index (χ0) is 17.1. The van der Waals surface area contributed by atoms with Crippen LogP contribution in [0.4, 0.5) is 0 Å². The van der Waals surface area contributed by atoms with Crippen molar-refractivity contribution in [2.45, 2.75) is 25.3 Å². The monoisotopic (exact) mass is 346 g/mol. The molecule has 1 fully saturated rings. The molecule has 0 spiro atoms.